The van der Waals surface area contributed by atoms with E-state index in [-0.39, 0.29) is 0 Å². The van der Waals surface area contributed by atoms with Crippen LogP contribution in [0, 0.1) is 17.2 Å². The van der Waals surface area contributed by atoms with Crippen molar-refractivity contribution in [3.63, 3.8) is 0 Å². The van der Waals surface area contributed by atoms with Crippen molar-refractivity contribution in [3.8, 4) is 6.07 Å². The van der Waals surface area contributed by atoms with E-state index in [2.05, 4.69) is 32.3 Å². The molecule has 1 aliphatic rings. The largest absolute Gasteiger partial charge is 0.369 e. The third-order valence-corrected chi connectivity index (χ3v) is 3.69. The van der Waals surface area contributed by atoms with Gasteiger partial charge in [-0.15, -0.1) is 0 Å². The van der Waals surface area contributed by atoms with Gasteiger partial charge in [-0.05, 0) is 40.8 Å². The predicted molar refractivity (Wildman–Crippen MR) is 71.7 cm³/mol. The fraction of sp³-hybridized carbons (Fsp3) is 0.538. The van der Waals surface area contributed by atoms with Gasteiger partial charge in [-0.25, -0.2) is 4.98 Å². The Morgan fingerprint density at radius 2 is 2.18 bits per heavy atom. The van der Waals surface area contributed by atoms with Crippen LogP contribution in [0.1, 0.15) is 37.7 Å². The van der Waals surface area contributed by atoms with Crippen LogP contribution in [0.5, 0.6) is 0 Å². The molecular weight excluding hydrogens is 278 g/mol. The first kappa shape index (κ1) is 12.4. The molecule has 0 radical (unpaired) electrons. The first-order chi connectivity index (χ1) is 8.29. The second-order valence-electron chi connectivity index (χ2n) is 4.55. The molecular formula is C13H16BrN3. The van der Waals surface area contributed by atoms with Crippen LogP contribution in [-0.4, -0.2) is 11.5 Å². The number of hydrogen-bond acceptors (Lipinski definition) is 3. The number of nitriles is 1. The van der Waals surface area contributed by atoms with Gasteiger partial charge in [-0.2, -0.15) is 5.26 Å². The lowest BCUT2D eigenvalue weighted by molar-refractivity contribution is 0.373. The lowest BCUT2D eigenvalue weighted by atomic mass is 9.89. The summed E-state index contributed by atoms with van der Waals surface area (Å²) < 4.78 is 0.845. The van der Waals surface area contributed by atoms with Crippen molar-refractivity contribution >= 4 is 21.7 Å². The van der Waals surface area contributed by atoms with Crippen LogP contribution in [0.25, 0.3) is 0 Å². The lowest BCUT2D eigenvalue weighted by Gasteiger charge is -2.22. The molecule has 1 N–H and O–H groups in total. The van der Waals surface area contributed by atoms with Gasteiger partial charge in [0, 0.05) is 17.2 Å². The first-order valence-corrected chi connectivity index (χ1v) is 6.88. The number of halogens is 1. The maximum atomic E-state index is 9.03. The van der Waals surface area contributed by atoms with Gasteiger partial charge in [0.25, 0.3) is 0 Å². The standard InChI is InChI=1S/C13H16BrN3/c14-12-6-11(7-15)13(17-9-12)16-8-10-4-2-1-3-5-10/h6,9-10H,1-5,8H2,(H,16,17). The number of pyridine rings is 1. The summed E-state index contributed by atoms with van der Waals surface area (Å²) in [5, 5.41) is 12.3. The molecule has 2 rings (SSSR count). The fourth-order valence-corrected chi connectivity index (χ4v) is 2.63. The summed E-state index contributed by atoms with van der Waals surface area (Å²) in [4.78, 5) is 4.25. The van der Waals surface area contributed by atoms with E-state index in [4.69, 9.17) is 5.26 Å². The van der Waals surface area contributed by atoms with Gasteiger partial charge in [-0.1, -0.05) is 19.3 Å². The average molecular weight is 294 g/mol. The number of rotatable bonds is 3. The molecule has 90 valence electrons. The predicted octanol–water partition coefficient (Wildman–Crippen LogP) is 3.71. The van der Waals surface area contributed by atoms with Crippen LogP contribution in [0.15, 0.2) is 16.7 Å². The molecule has 0 aliphatic heterocycles. The monoisotopic (exact) mass is 293 g/mol. The number of nitrogens with zero attached hydrogens (tertiary/aromatic N) is 2. The highest BCUT2D eigenvalue weighted by molar-refractivity contribution is 9.10. The van der Waals surface area contributed by atoms with E-state index in [0.717, 1.165) is 16.9 Å². The minimum Gasteiger partial charge on any atom is -0.369 e. The van der Waals surface area contributed by atoms with Crippen LogP contribution >= 0.6 is 15.9 Å². The van der Waals surface area contributed by atoms with E-state index in [9.17, 15) is 0 Å². The molecule has 0 saturated heterocycles. The molecule has 0 unspecified atom stereocenters. The summed E-state index contributed by atoms with van der Waals surface area (Å²) in [5.74, 6) is 1.45. The maximum absolute atomic E-state index is 9.03. The molecule has 1 aromatic rings. The molecule has 1 heterocycles. The zero-order valence-electron chi connectivity index (χ0n) is 9.75. The Hall–Kier alpha value is -1.08. The molecule has 17 heavy (non-hydrogen) atoms. The highest BCUT2D eigenvalue weighted by Gasteiger charge is 2.14. The molecule has 4 heteroatoms. The zero-order valence-corrected chi connectivity index (χ0v) is 11.3. The molecule has 0 atom stereocenters. The van der Waals surface area contributed by atoms with Crippen molar-refractivity contribution in [2.75, 3.05) is 11.9 Å². The Labute approximate surface area is 110 Å². The molecule has 0 amide bonds. The maximum Gasteiger partial charge on any atom is 0.143 e. The molecule has 0 aromatic carbocycles. The summed E-state index contributed by atoms with van der Waals surface area (Å²) in [6, 6.07) is 3.97. The minimum atomic E-state index is 0.607. The quantitative estimate of drug-likeness (QED) is 0.924. The molecule has 1 fully saturated rings. The Morgan fingerprint density at radius 1 is 1.41 bits per heavy atom. The fourth-order valence-electron chi connectivity index (χ4n) is 2.30. The smallest absolute Gasteiger partial charge is 0.143 e. The van der Waals surface area contributed by atoms with Crippen LogP contribution in [0.4, 0.5) is 5.82 Å². The number of hydrogen-bond donors (Lipinski definition) is 1. The Kier molecular flexibility index (Phi) is 4.38. The Balaban J connectivity index is 1.96. The number of anilines is 1. The normalized spacial score (nSPS) is 16.5. The second kappa shape index (κ2) is 6.02. The SMILES string of the molecule is N#Cc1cc(Br)cnc1NCC1CCCCC1. The van der Waals surface area contributed by atoms with Crippen LogP contribution in [0.2, 0.25) is 0 Å². The first-order valence-electron chi connectivity index (χ1n) is 6.09. The Morgan fingerprint density at radius 3 is 2.88 bits per heavy atom. The van der Waals surface area contributed by atoms with Gasteiger partial charge in [0.15, 0.2) is 0 Å². The van der Waals surface area contributed by atoms with Crippen molar-refractivity contribution < 1.29 is 0 Å². The summed E-state index contributed by atoms with van der Waals surface area (Å²) in [6.45, 7) is 0.934. The molecule has 0 spiro atoms. The minimum absolute atomic E-state index is 0.607. The highest BCUT2D eigenvalue weighted by Crippen LogP contribution is 2.24. The van der Waals surface area contributed by atoms with Crippen molar-refractivity contribution in [2.24, 2.45) is 5.92 Å². The van der Waals surface area contributed by atoms with Gasteiger partial charge in [0.05, 0.1) is 5.56 Å². The van der Waals surface area contributed by atoms with Crippen LogP contribution < -0.4 is 5.32 Å². The van der Waals surface area contributed by atoms with E-state index in [1.54, 1.807) is 12.3 Å². The summed E-state index contributed by atoms with van der Waals surface area (Å²) in [7, 11) is 0. The van der Waals surface area contributed by atoms with Gasteiger partial charge < -0.3 is 5.32 Å². The summed E-state index contributed by atoms with van der Waals surface area (Å²) in [6.07, 6.45) is 8.37. The molecule has 1 saturated carbocycles. The van der Waals surface area contributed by atoms with E-state index in [1.165, 1.54) is 32.1 Å². The van der Waals surface area contributed by atoms with Gasteiger partial charge in [0.2, 0.25) is 0 Å². The van der Waals surface area contributed by atoms with Crippen molar-refractivity contribution in [1.29, 1.82) is 5.26 Å². The van der Waals surface area contributed by atoms with Gasteiger partial charge in [0.1, 0.15) is 11.9 Å². The third kappa shape index (κ3) is 3.44. The molecule has 3 nitrogen and oxygen atoms in total. The number of nitrogens with one attached hydrogen (secondary N) is 1. The number of aromatic nitrogens is 1. The highest BCUT2D eigenvalue weighted by atomic mass is 79.9. The molecule has 1 aromatic heterocycles. The molecule has 1 aliphatic carbocycles. The van der Waals surface area contributed by atoms with E-state index >= 15 is 0 Å². The van der Waals surface area contributed by atoms with Crippen LogP contribution in [0.3, 0.4) is 0 Å². The van der Waals surface area contributed by atoms with E-state index in [0.29, 0.717) is 11.4 Å². The summed E-state index contributed by atoms with van der Waals surface area (Å²) in [5.41, 5.74) is 0.607. The summed E-state index contributed by atoms with van der Waals surface area (Å²) >= 11 is 3.32. The second-order valence-corrected chi connectivity index (χ2v) is 5.46. The molecule has 0 bridgehead atoms. The Bertz CT molecular complexity index is 419. The van der Waals surface area contributed by atoms with Crippen LogP contribution in [-0.2, 0) is 0 Å². The zero-order chi connectivity index (χ0) is 12.1. The van der Waals surface area contributed by atoms with Crippen molar-refractivity contribution in [2.45, 2.75) is 32.1 Å². The van der Waals surface area contributed by atoms with E-state index < -0.39 is 0 Å². The van der Waals surface area contributed by atoms with E-state index in [1.807, 2.05) is 0 Å². The topological polar surface area (TPSA) is 48.7 Å². The van der Waals surface area contributed by atoms with Gasteiger partial charge >= 0.3 is 0 Å². The lowest BCUT2D eigenvalue weighted by Crippen LogP contribution is -2.18. The third-order valence-electron chi connectivity index (χ3n) is 3.26. The van der Waals surface area contributed by atoms with Gasteiger partial charge in [-0.3, -0.25) is 0 Å². The average Bonchev–Trinajstić information content (AvgIpc) is 2.38. The van der Waals surface area contributed by atoms with Crippen molar-refractivity contribution in [3.05, 3.63) is 22.3 Å². The van der Waals surface area contributed by atoms with Crippen molar-refractivity contribution in [1.82, 2.24) is 4.98 Å².